The molecule has 0 spiro atoms. The monoisotopic (exact) mass is 257 g/mol. The summed E-state index contributed by atoms with van der Waals surface area (Å²) in [6.45, 7) is 6.72. The number of unbranched alkanes of at least 4 members (excludes halogenated alkanes) is 2. The van der Waals surface area contributed by atoms with E-state index in [2.05, 4.69) is 26.1 Å². The molecule has 2 N–H and O–H groups in total. The van der Waals surface area contributed by atoms with Gasteiger partial charge in [0.2, 0.25) is 5.91 Å². The van der Waals surface area contributed by atoms with E-state index < -0.39 is 5.97 Å². The molecule has 0 aliphatic rings. The first-order chi connectivity index (χ1) is 8.45. The number of hydrogen-bond donors (Lipinski definition) is 2. The van der Waals surface area contributed by atoms with E-state index in [9.17, 15) is 9.59 Å². The van der Waals surface area contributed by atoms with Gasteiger partial charge in [-0.1, -0.05) is 33.6 Å². The van der Waals surface area contributed by atoms with Crippen molar-refractivity contribution in [2.24, 2.45) is 11.8 Å². The first-order valence-electron chi connectivity index (χ1n) is 6.94. The van der Waals surface area contributed by atoms with Crippen molar-refractivity contribution in [3.8, 4) is 0 Å². The van der Waals surface area contributed by atoms with Crippen LogP contribution in [0.15, 0.2) is 0 Å². The van der Waals surface area contributed by atoms with Crippen molar-refractivity contribution < 1.29 is 14.7 Å². The number of carboxylic acid groups (broad SMARTS) is 1. The number of carbonyl (C=O) groups excluding carboxylic acids is 1. The highest BCUT2D eigenvalue weighted by atomic mass is 16.4. The fourth-order valence-electron chi connectivity index (χ4n) is 2.03. The third-order valence-electron chi connectivity index (χ3n) is 2.86. The van der Waals surface area contributed by atoms with Crippen LogP contribution in [-0.2, 0) is 9.59 Å². The van der Waals surface area contributed by atoms with Gasteiger partial charge >= 0.3 is 5.97 Å². The van der Waals surface area contributed by atoms with Crippen molar-refractivity contribution in [3.05, 3.63) is 0 Å². The molecule has 0 aromatic heterocycles. The summed E-state index contributed by atoms with van der Waals surface area (Å²) in [7, 11) is 0. The highest BCUT2D eigenvalue weighted by molar-refractivity contribution is 5.75. The minimum Gasteiger partial charge on any atom is -0.481 e. The van der Waals surface area contributed by atoms with Crippen molar-refractivity contribution in [3.63, 3.8) is 0 Å². The molecule has 0 saturated heterocycles. The number of hydrogen-bond acceptors (Lipinski definition) is 2. The van der Waals surface area contributed by atoms with Crippen LogP contribution in [0.1, 0.15) is 59.3 Å². The molecule has 0 saturated carbocycles. The Morgan fingerprint density at radius 2 is 1.89 bits per heavy atom. The first-order valence-corrected chi connectivity index (χ1v) is 6.94. The van der Waals surface area contributed by atoms with Gasteiger partial charge in [-0.05, 0) is 24.7 Å². The van der Waals surface area contributed by atoms with Gasteiger partial charge in [0.25, 0.3) is 0 Å². The Kier molecular flexibility index (Phi) is 9.33. The lowest BCUT2D eigenvalue weighted by atomic mass is 9.94. The maximum atomic E-state index is 11.5. The second-order valence-corrected chi connectivity index (χ2v) is 5.35. The highest BCUT2D eigenvalue weighted by Crippen LogP contribution is 2.14. The Labute approximate surface area is 110 Å². The van der Waals surface area contributed by atoms with E-state index in [0.29, 0.717) is 18.9 Å². The summed E-state index contributed by atoms with van der Waals surface area (Å²) in [6.07, 6.45) is 4.60. The summed E-state index contributed by atoms with van der Waals surface area (Å²) in [5.74, 6) is -0.257. The standard InChI is InChI=1S/C14H27NO3/c1-4-5-6-7-13(16)15-10-12(8-11(2)3)9-14(17)18/h11-12H,4-10H2,1-3H3,(H,15,16)(H,17,18)/t12-/m0/s1. The lowest BCUT2D eigenvalue weighted by Gasteiger charge is -2.17. The normalized spacial score (nSPS) is 12.4. The molecule has 0 bridgehead atoms. The summed E-state index contributed by atoms with van der Waals surface area (Å²) in [5, 5.41) is 11.7. The molecule has 0 aliphatic carbocycles. The largest absolute Gasteiger partial charge is 0.481 e. The van der Waals surface area contributed by atoms with E-state index in [1.807, 2.05) is 0 Å². The zero-order chi connectivity index (χ0) is 14.0. The van der Waals surface area contributed by atoms with Crippen molar-refractivity contribution in [1.29, 1.82) is 0 Å². The number of aliphatic carboxylic acids is 1. The van der Waals surface area contributed by atoms with Crippen molar-refractivity contribution >= 4 is 11.9 Å². The lowest BCUT2D eigenvalue weighted by molar-refractivity contribution is -0.138. The Morgan fingerprint density at radius 3 is 2.39 bits per heavy atom. The number of carboxylic acids is 1. The van der Waals surface area contributed by atoms with Crippen LogP contribution < -0.4 is 5.32 Å². The van der Waals surface area contributed by atoms with E-state index in [1.54, 1.807) is 0 Å². The van der Waals surface area contributed by atoms with Crippen molar-refractivity contribution in [2.75, 3.05) is 6.54 Å². The van der Waals surface area contributed by atoms with Crippen LogP contribution in [0.4, 0.5) is 0 Å². The van der Waals surface area contributed by atoms with Gasteiger partial charge in [0.05, 0.1) is 0 Å². The molecular formula is C14H27NO3. The molecule has 0 aromatic carbocycles. The molecule has 0 fully saturated rings. The van der Waals surface area contributed by atoms with Crippen LogP contribution in [0.5, 0.6) is 0 Å². The average Bonchev–Trinajstić information content (AvgIpc) is 2.25. The molecular weight excluding hydrogens is 230 g/mol. The fourth-order valence-corrected chi connectivity index (χ4v) is 2.03. The second-order valence-electron chi connectivity index (χ2n) is 5.35. The Balaban J connectivity index is 3.93. The summed E-state index contributed by atoms with van der Waals surface area (Å²) in [6, 6.07) is 0. The van der Waals surface area contributed by atoms with Gasteiger partial charge in [0.1, 0.15) is 0 Å². The van der Waals surface area contributed by atoms with Gasteiger partial charge in [-0.15, -0.1) is 0 Å². The molecule has 18 heavy (non-hydrogen) atoms. The quantitative estimate of drug-likeness (QED) is 0.591. The highest BCUT2D eigenvalue weighted by Gasteiger charge is 2.15. The maximum absolute atomic E-state index is 11.5. The summed E-state index contributed by atoms with van der Waals surface area (Å²) >= 11 is 0. The maximum Gasteiger partial charge on any atom is 0.303 e. The van der Waals surface area contributed by atoms with E-state index in [4.69, 9.17) is 5.11 Å². The second kappa shape index (κ2) is 9.92. The molecule has 4 nitrogen and oxygen atoms in total. The summed E-state index contributed by atoms with van der Waals surface area (Å²) in [4.78, 5) is 22.3. The number of nitrogens with one attached hydrogen (secondary N) is 1. The van der Waals surface area contributed by atoms with Crippen LogP contribution in [0.2, 0.25) is 0 Å². The van der Waals surface area contributed by atoms with E-state index in [0.717, 1.165) is 25.7 Å². The van der Waals surface area contributed by atoms with Crippen LogP contribution >= 0.6 is 0 Å². The third-order valence-corrected chi connectivity index (χ3v) is 2.86. The molecule has 1 amide bonds. The zero-order valence-electron chi connectivity index (χ0n) is 11.9. The smallest absolute Gasteiger partial charge is 0.303 e. The lowest BCUT2D eigenvalue weighted by Crippen LogP contribution is -2.30. The molecule has 4 heteroatoms. The summed E-state index contributed by atoms with van der Waals surface area (Å²) < 4.78 is 0. The number of amides is 1. The molecule has 1 atom stereocenters. The van der Waals surface area contributed by atoms with E-state index in [1.165, 1.54) is 0 Å². The van der Waals surface area contributed by atoms with Crippen molar-refractivity contribution in [1.82, 2.24) is 5.32 Å². The average molecular weight is 257 g/mol. The minimum absolute atomic E-state index is 0.0395. The van der Waals surface area contributed by atoms with Gasteiger partial charge in [-0.25, -0.2) is 0 Å². The van der Waals surface area contributed by atoms with Crippen LogP contribution in [-0.4, -0.2) is 23.5 Å². The molecule has 0 rings (SSSR count). The van der Waals surface area contributed by atoms with Gasteiger partial charge in [0, 0.05) is 19.4 Å². The van der Waals surface area contributed by atoms with Crippen molar-refractivity contribution in [2.45, 2.75) is 59.3 Å². The molecule has 0 aromatic rings. The van der Waals surface area contributed by atoms with Gasteiger partial charge in [-0.3, -0.25) is 9.59 Å². The molecule has 106 valence electrons. The SMILES string of the molecule is CCCCCC(=O)NC[C@H](CC(=O)O)CC(C)C. The zero-order valence-corrected chi connectivity index (χ0v) is 11.9. The third kappa shape index (κ3) is 10.1. The van der Waals surface area contributed by atoms with Gasteiger partial charge in [-0.2, -0.15) is 0 Å². The number of rotatable bonds is 10. The molecule has 0 aliphatic heterocycles. The van der Waals surface area contributed by atoms with Crippen LogP contribution in [0.3, 0.4) is 0 Å². The first kappa shape index (κ1) is 16.9. The van der Waals surface area contributed by atoms with Crippen LogP contribution in [0.25, 0.3) is 0 Å². The van der Waals surface area contributed by atoms with E-state index in [-0.39, 0.29) is 18.2 Å². The molecule has 0 radical (unpaired) electrons. The Bertz CT molecular complexity index is 251. The Hall–Kier alpha value is -1.06. The summed E-state index contributed by atoms with van der Waals surface area (Å²) in [5.41, 5.74) is 0. The predicted octanol–water partition coefficient (Wildman–Crippen LogP) is 2.82. The molecule has 0 heterocycles. The Morgan fingerprint density at radius 1 is 1.22 bits per heavy atom. The molecule has 0 unspecified atom stereocenters. The topological polar surface area (TPSA) is 66.4 Å². The van der Waals surface area contributed by atoms with Gasteiger partial charge in [0.15, 0.2) is 0 Å². The predicted molar refractivity (Wildman–Crippen MR) is 72.3 cm³/mol. The minimum atomic E-state index is -0.791. The van der Waals surface area contributed by atoms with Gasteiger partial charge < -0.3 is 10.4 Å². The van der Waals surface area contributed by atoms with Crippen LogP contribution in [0, 0.1) is 11.8 Å². The fraction of sp³-hybridized carbons (Fsp3) is 0.857. The van der Waals surface area contributed by atoms with E-state index >= 15 is 0 Å². The number of carbonyl (C=O) groups is 2.